The Hall–Kier alpha value is -1.73. The maximum absolute atomic E-state index is 12.7. The molecule has 0 aliphatic heterocycles. The van der Waals surface area contributed by atoms with Gasteiger partial charge in [0.15, 0.2) is 0 Å². The number of aromatic nitrogens is 3. The number of hydrogen-bond donors (Lipinski definition) is 1. The van der Waals surface area contributed by atoms with Crippen LogP contribution in [-0.4, -0.2) is 27.6 Å². The summed E-state index contributed by atoms with van der Waals surface area (Å²) < 4.78 is 30.9. The number of nitrogens with zero attached hydrogens (tertiary/aromatic N) is 3. The van der Waals surface area contributed by atoms with E-state index in [9.17, 15) is 8.78 Å². The van der Waals surface area contributed by atoms with Gasteiger partial charge in [-0.05, 0) is 19.1 Å². The average Bonchev–Trinajstić information content (AvgIpc) is 2.48. The Kier molecular flexibility index (Phi) is 5.68. The van der Waals surface area contributed by atoms with Crippen LogP contribution in [0.3, 0.4) is 0 Å². The van der Waals surface area contributed by atoms with Crippen molar-refractivity contribution in [3.8, 4) is 5.88 Å². The summed E-state index contributed by atoms with van der Waals surface area (Å²) in [7, 11) is 0. The maximum Gasteiger partial charge on any atom is 0.282 e. The maximum atomic E-state index is 12.7. The number of hydrogen-bond acceptors (Lipinski definition) is 5. The fourth-order valence-electron chi connectivity index (χ4n) is 1.59. The summed E-state index contributed by atoms with van der Waals surface area (Å²) in [4.78, 5) is 11.3. The molecule has 1 atom stereocenters. The highest BCUT2D eigenvalue weighted by molar-refractivity contribution is 6.33. The summed E-state index contributed by atoms with van der Waals surface area (Å²) in [5.74, 6) is 0.412. The molecule has 0 aromatic carbocycles. The van der Waals surface area contributed by atoms with Crippen LogP contribution >= 0.6 is 23.2 Å². The van der Waals surface area contributed by atoms with Gasteiger partial charge in [0.05, 0.1) is 6.04 Å². The molecule has 0 fully saturated rings. The second kappa shape index (κ2) is 7.51. The zero-order valence-corrected chi connectivity index (χ0v) is 12.9. The van der Waals surface area contributed by atoms with Crippen molar-refractivity contribution in [2.45, 2.75) is 19.4 Å². The standard InChI is InChI=1S/C13H12Cl2F2N4O/c1-7(5-22-13-8(14)3-2-4-18-13)21-12-9(15)10(11(16)17)19-6-20-12/h2-4,6-7,11H,5H2,1H3,(H,19,20,21)/t7-/m0/s1. The number of halogens is 4. The van der Waals surface area contributed by atoms with E-state index in [2.05, 4.69) is 20.3 Å². The minimum atomic E-state index is -2.77. The molecule has 9 heteroatoms. The van der Waals surface area contributed by atoms with Gasteiger partial charge >= 0.3 is 0 Å². The van der Waals surface area contributed by atoms with E-state index >= 15 is 0 Å². The van der Waals surface area contributed by atoms with Crippen LogP contribution in [0.5, 0.6) is 5.88 Å². The summed E-state index contributed by atoms with van der Waals surface area (Å²) in [6.07, 6.45) is -0.191. The van der Waals surface area contributed by atoms with Crippen LogP contribution in [-0.2, 0) is 0 Å². The van der Waals surface area contributed by atoms with Gasteiger partial charge in [-0.1, -0.05) is 23.2 Å². The lowest BCUT2D eigenvalue weighted by Gasteiger charge is -2.17. The Morgan fingerprint density at radius 1 is 1.27 bits per heavy atom. The van der Waals surface area contributed by atoms with E-state index < -0.39 is 12.1 Å². The lowest BCUT2D eigenvalue weighted by molar-refractivity contribution is 0.146. The lowest BCUT2D eigenvalue weighted by atomic mass is 10.3. The zero-order valence-electron chi connectivity index (χ0n) is 11.4. The number of alkyl halides is 2. The number of anilines is 1. The predicted molar refractivity (Wildman–Crippen MR) is 79.8 cm³/mol. The Labute approximate surface area is 135 Å². The Bertz CT molecular complexity index is 645. The van der Waals surface area contributed by atoms with Crippen LogP contribution in [0.2, 0.25) is 10.0 Å². The van der Waals surface area contributed by atoms with Gasteiger partial charge in [-0.3, -0.25) is 0 Å². The fraction of sp³-hybridized carbons (Fsp3) is 0.308. The molecule has 2 heterocycles. The van der Waals surface area contributed by atoms with Crippen molar-refractivity contribution in [1.82, 2.24) is 15.0 Å². The highest BCUT2D eigenvalue weighted by Crippen LogP contribution is 2.29. The summed E-state index contributed by atoms with van der Waals surface area (Å²) in [5.41, 5.74) is -0.514. The Balaban J connectivity index is 1.99. The smallest absolute Gasteiger partial charge is 0.282 e. The largest absolute Gasteiger partial charge is 0.474 e. The van der Waals surface area contributed by atoms with E-state index in [1.807, 2.05) is 0 Å². The first kappa shape index (κ1) is 16.6. The van der Waals surface area contributed by atoms with E-state index in [0.29, 0.717) is 10.9 Å². The number of nitrogens with one attached hydrogen (secondary N) is 1. The molecule has 0 aliphatic rings. The first-order valence-corrected chi connectivity index (χ1v) is 7.03. The first-order chi connectivity index (χ1) is 10.5. The summed E-state index contributed by atoms with van der Waals surface area (Å²) >= 11 is 11.8. The van der Waals surface area contributed by atoms with Crippen molar-refractivity contribution >= 4 is 29.0 Å². The molecule has 0 unspecified atom stereocenters. The molecule has 5 nitrogen and oxygen atoms in total. The summed E-state index contributed by atoms with van der Waals surface area (Å²) in [5, 5.41) is 3.06. The Morgan fingerprint density at radius 3 is 2.73 bits per heavy atom. The van der Waals surface area contributed by atoms with Gasteiger partial charge in [0.2, 0.25) is 5.88 Å². The molecule has 2 aromatic rings. The third-order valence-electron chi connectivity index (χ3n) is 2.60. The summed E-state index contributed by atoms with van der Waals surface area (Å²) in [6.45, 7) is 1.97. The molecule has 0 radical (unpaired) electrons. The quantitative estimate of drug-likeness (QED) is 0.854. The van der Waals surface area contributed by atoms with Gasteiger partial charge in [0.25, 0.3) is 6.43 Å². The molecule has 0 saturated carbocycles. The fourth-order valence-corrected chi connectivity index (χ4v) is 2.00. The van der Waals surface area contributed by atoms with Crippen LogP contribution in [0.15, 0.2) is 24.7 Å². The average molecular weight is 349 g/mol. The van der Waals surface area contributed by atoms with Crippen LogP contribution in [0.1, 0.15) is 19.0 Å². The molecule has 2 rings (SSSR count). The lowest BCUT2D eigenvalue weighted by Crippen LogP contribution is -2.24. The highest BCUT2D eigenvalue weighted by Gasteiger charge is 2.18. The molecule has 2 aromatic heterocycles. The minimum Gasteiger partial charge on any atom is -0.474 e. The molecule has 0 amide bonds. The minimum absolute atomic E-state index is 0.121. The number of rotatable bonds is 6. The molecule has 0 saturated heterocycles. The van der Waals surface area contributed by atoms with Crippen molar-refractivity contribution in [3.05, 3.63) is 40.4 Å². The van der Waals surface area contributed by atoms with Gasteiger partial charge in [-0.15, -0.1) is 0 Å². The van der Waals surface area contributed by atoms with E-state index in [1.165, 1.54) is 0 Å². The van der Waals surface area contributed by atoms with Crippen LogP contribution in [0.4, 0.5) is 14.6 Å². The van der Waals surface area contributed by atoms with Gasteiger partial charge < -0.3 is 10.1 Å². The van der Waals surface area contributed by atoms with Crippen LogP contribution in [0.25, 0.3) is 0 Å². The van der Waals surface area contributed by atoms with Crippen molar-refractivity contribution in [2.24, 2.45) is 0 Å². The monoisotopic (exact) mass is 348 g/mol. The van der Waals surface area contributed by atoms with E-state index in [-0.39, 0.29) is 23.5 Å². The molecular weight excluding hydrogens is 337 g/mol. The molecule has 0 bridgehead atoms. The van der Waals surface area contributed by atoms with Crippen molar-refractivity contribution in [1.29, 1.82) is 0 Å². The van der Waals surface area contributed by atoms with E-state index in [1.54, 1.807) is 25.3 Å². The van der Waals surface area contributed by atoms with Gasteiger partial charge in [-0.25, -0.2) is 23.7 Å². The third kappa shape index (κ3) is 4.14. The van der Waals surface area contributed by atoms with Crippen LogP contribution < -0.4 is 10.1 Å². The van der Waals surface area contributed by atoms with Gasteiger partial charge in [0.1, 0.15) is 34.5 Å². The van der Waals surface area contributed by atoms with Crippen molar-refractivity contribution in [3.63, 3.8) is 0 Å². The molecule has 118 valence electrons. The molecule has 0 spiro atoms. The normalized spacial score (nSPS) is 12.3. The highest BCUT2D eigenvalue weighted by atomic mass is 35.5. The number of ether oxygens (including phenoxy) is 1. The van der Waals surface area contributed by atoms with E-state index in [4.69, 9.17) is 27.9 Å². The first-order valence-electron chi connectivity index (χ1n) is 6.27. The second-order valence-electron chi connectivity index (χ2n) is 4.37. The van der Waals surface area contributed by atoms with E-state index in [0.717, 1.165) is 6.33 Å². The van der Waals surface area contributed by atoms with Crippen LogP contribution in [0, 0.1) is 0 Å². The second-order valence-corrected chi connectivity index (χ2v) is 5.15. The Morgan fingerprint density at radius 2 is 2.05 bits per heavy atom. The molecule has 0 aliphatic carbocycles. The van der Waals surface area contributed by atoms with Crippen molar-refractivity contribution in [2.75, 3.05) is 11.9 Å². The molecule has 22 heavy (non-hydrogen) atoms. The van der Waals surface area contributed by atoms with Gasteiger partial charge in [-0.2, -0.15) is 0 Å². The predicted octanol–water partition coefficient (Wildman–Crippen LogP) is 4.00. The third-order valence-corrected chi connectivity index (χ3v) is 3.26. The molecular formula is C13H12Cl2F2N4O. The zero-order chi connectivity index (χ0) is 16.1. The van der Waals surface area contributed by atoms with Crippen molar-refractivity contribution < 1.29 is 13.5 Å². The summed E-state index contributed by atoms with van der Waals surface area (Å²) in [6, 6.07) is 3.07. The number of pyridine rings is 1. The van der Waals surface area contributed by atoms with Gasteiger partial charge in [0, 0.05) is 6.20 Å². The SMILES string of the molecule is C[C@@H](COc1ncccc1Cl)Nc1ncnc(C(F)F)c1Cl. The topological polar surface area (TPSA) is 59.9 Å². The molecule has 1 N–H and O–H groups in total.